The average molecular weight is 442 g/mol. The van der Waals surface area contributed by atoms with Crippen molar-refractivity contribution in [2.24, 2.45) is 0 Å². The molecule has 1 aliphatic heterocycles. The van der Waals surface area contributed by atoms with Gasteiger partial charge in [-0.05, 0) is 56.5 Å². The predicted molar refractivity (Wildman–Crippen MR) is 117 cm³/mol. The Morgan fingerprint density at radius 1 is 1.28 bits per heavy atom. The molecule has 2 aromatic rings. The van der Waals surface area contributed by atoms with Gasteiger partial charge in [0.15, 0.2) is 0 Å². The van der Waals surface area contributed by atoms with Crippen LogP contribution in [-0.4, -0.2) is 50.5 Å². The van der Waals surface area contributed by atoms with E-state index in [0.717, 1.165) is 5.56 Å². The van der Waals surface area contributed by atoms with E-state index in [0.29, 0.717) is 17.8 Å². The maximum Gasteiger partial charge on any atom is 0.408 e. The Labute approximate surface area is 185 Å². The van der Waals surface area contributed by atoms with E-state index in [-0.39, 0.29) is 18.7 Å². The van der Waals surface area contributed by atoms with Crippen LogP contribution in [-0.2, 0) is 22.4 Å². The molecule has 1 aromatic carbocycles. The lowest BCUT2D eigenvalue weighted by atomic mass is 9.95. The second-order valence-electron chi connectivity index (χ2n) is 8.84. The number of nitrogens with one attached hydrogen (secondary N) is 2. The largest absolute Gasteiger partial charge is 0.465 e. The maximum atomic E-state index is 13.3. The lowest BCUT2D eigenvalue weighted by molar-refractivity contribution is -0.127. The quantitative estimate of drug-likeness (QED) is 0.637. The number of pyridine rings is 1. The number of amides is 3. The van der Waals surface area contributed by atoms with Gasteiger partial charge in [0.25, 0.3) is 0 Å². The highest BCUT2D eigenvalue weighted by molar-refractivity contribution is 5.99. The number of benzene rings is 1. The molecular weight excluding hydrogens is 415 g/mol. The van der Waals surface area contributed by atoms with Gasteiger partial charge in [-0.15, -0.1) is 0 Å². The van der Waals surface area contributed by atoms with Crippen molar-refractivity contribution >= 4 is 23.7 Å². The van der Waals surface area contributed by atoms with Gasteiger partial charge in [0.1, 0.15) is 17.7 Å². The molecule has 9 heteroatoms. The third kappa shape index (κ3) is 5.60. The molecule has 0 spiro atoms. The molecule has 0 fully saturated rings. The molecule has 3 amide bonds. The van der Waals surface area contributed by atoms with E-state index in [1.807, 2.05) is 6.07 Å². The normalized spacial score (nSPS) is 16.5. The van der Waals surface area contributed by atoms with Crippen molar-refractivity contribution in [2.45, 2.75) is 57.7 Å². The van der Waals surface area contributed by atoms with E-state index in [9.17, 15) is 23.9 Å². The van der Waals surface area contributed by atoms with Gasteiger partial charge in [-0.2, -0.15) is 0 Å². The van der Waals surface area contributed by atoms with Gasteiger partial charge in [-0.1, -0.05) is 18.2 Å². The third-order valence-electron chi connectivity index (χ3n) is 5.31. The van der Waals surface area contributed by atoms with E-state index < -0.39 is 35.4 Å². The first-order valence-corrected chi connectivity index (χ1v) is 10.4. The number of halogens is 1. The lowest BCUT2D eigenvalue weighted by Gasteiger charge is -2.39. The number of fused-ring (bicyclic) bond motifs is 1. The van der Waals surface area contributed by atoms with Crippen LogP contribution in [0.5, 0.6) is 0 Å². The monoisotopic (exact) mass is 442 g/mol. The first kappa shape index (κ1) is 23.2. The Bertz CT molecular complexity index is 1000. The van der Waals surface area contributed by atoms with Crippen LogP contribution in [0.15, 0.2) is 42.6 Å². The minimum Gasteiger partial charge on any atom is -0.465 e. The fraction of sp³-hybridized carbons (Fsp3) is 0.391. The summed E-state index contributed by atoms with van der Waals surface area (Å²) in [5, 5.41) is 15.2. The summed E-state index contributed by atoms with van der Waals surface area (Å²) in [5.41, 5.74) is 0.737. The lowest BCUT2D eigenvalue weighted by Crippen LogP contribution is -2.54. The second-order valence-corrected chi connectivity index (χ2v) is 8.84. The number of rotatable bonds is 6. The number of carbonyl (C=O) groups excluding carboxylic acids is 2. The number of carboxylic acid groups (broad SMARTS) is 1. The van der Waals surface area contributed by atoms with Gasteiger partial charge in [-0.3, -0.25) is 14.5 Å². The smallest absolute Gasteiger partial charge is 0.408 e. The molecule has 1 unspecified atom stereocenters. The van der Waals surface area contributed by atoms with Crippen LogP contribution in [0.1, 0.15) is 38.3 Å². The van der Waals surface area contributed by atoms with Gasteiger partial charge in [-0.25, -0.2) is 14.2 Å². The third-order valence-corrected chi connectivity index (χ3v) is 5.31. The summed E-state index contributed by atoms with van der Waals surface area (Å²) in [6.07, 6.45) is 0.787. The van der Waals surface area contributed by atoms with Gasteiger partial charge in [0.05, 0.1) is 0 Å². The van der Waals surface area contributed by atoms with Crippen molar-refractivity contribution in [2.75, 3.05) is 5.32 Å². The molecule has 3 N–H and O–H groups in total. The number of aromatic nitrogens is 1. The Morgan fingerprint density at radius 2 is 1.97 bits per heavy atom. The Hall–Kier alpha value is -3.49. The molecule has 32 heavy (non-hydrogen) atoms. The number of carbonyl (C=O) groups is 3. The van der Waals surface area contributed by atoms with Gasteiger partial charge >= 0.3 is 6.09 Å². The predicted octanol–water partition coefficient (Wildman–Crippen LogP) is 2.98. The standard InChI is InChI=1S/C23H27FN4O4/c1-23(2,3)28(22(31)32)17(11-14-6-8-16(24)9-7-14)13-19(29)26-18-12-15-5-4-10-25-20(15)27-21(18)30/h4-10,17-18H,11-13H2,1-3H3,(H,26,29)(H,31,32)(H,25,27,30)/t17-,18?/m1/s1. The van der Waals surface area contributed by atoms with Crippen LogP contribution in [0.3, 0.4) is 0 Å². The van der Waals surface area contributed by atoms with Gasteiger partial charge < -0.3 is 15.7 Å². The highest BCUT2D eigenvalue weighted by atomic mass is 19.1. The zero-order valence-corrected chi connectivity index (χ0v) is 18.3. The van der Waals surface area contributed by atoms with Crippen LogP contribution in [0.2, 0.25) is 0 Å². The van der Waals surface area contributed by atoms with E-state index >= 15 is 0 Å². The summed E-state index contributed by atoms with van der Waals surface area (Å²) in [4.78, 5) is 42.7. The van der Waals surface area contributed by atoms with Crippen molar-refractivity contribution in [1.29, 1.82) is 0 Å². The molecule has 0 saturated carbocycles. The molecule has 2 heterocycles. The second kappa shape index (κ2) is 9.33. The number of hydrogen-bond donors (Lipinski definition) is 3. The molecule has 3 rings (SSSR count). The van der Waals surface area contributed by atoms with Crippen LogP contribution in [0.25, 0.3) is 0 Å². The Balaban J connectivity index is 1.77. The van der Waals surface area contributed by atoms with Crippen LogP contribution in [0, 0.1) is 5.82 Å². The summed E-state index contributed by atoms with van der Waals surface area (Å²) in [6, 6.07) is 7.82. The van der Waals surface area contributed by atoms with Crippen LogP contribution in [0.4, 0.5) is 15.0 Å². The van der Waals surface area contributed by atoms with Crippen molar-refractivity contribution in [3.63, 3.8) is 0 Å². The topological polar surface area (TPSA) is 112 Å². The minimum absolute atomic E-state index is 0.148. The number of hydrogen-bond acceptors (Lipinski definition) is 4. The zero-order chi connectivity index (χ0) is 23.5. The van der Waals surface area contributed by atoms with Gasteiger partial charge in [0, 0.05) is 30.6 Å². The fourth-order valence-corrected chi connectivity index (χ4v) is 3.95. The SMILES string of the molecule is CC(C)(C)N(C(=O)O)[C@@H](CC(=O)NC1Cc2cccnc2NC1=O)Cc1ccc(F)cc1. The summed E-state index contributed by atoms with van der Waals surface area (Å²) in [7, 11) is 0. The summed E-state index contributed by atoms with van der Waals surface area (Å²) in [6.45, 7) is 5.24. The fourth-order valence-electron chi connectivity index (χ4n) is 3.95. The van der Waals surface area contributed by atoms with E-state index in [1.165, 1.54) is 17.0 Å². The molecule has 170 valence electrons. The maximum absolute atomic E-state index is 13.3. The molecule has 0 saturated heterocycles. The molecule has 2 atom stereocenters. The van der Waals surface area contributed by atoms with Gasteiger partial charge in [0.2, 0.25) is 11.8 Å². The molecule has 0 bridgehead atoms. The minimum atomic E-state index is -1.16. The molecule has 1 aromatic heterocycles. The molecule has 0 aliphatic carbocycles. The molecule has 0 radical (unpaired) electrons. The summed E-state index contributed by atoms with van der Waals surface area (Å²) >= 11 is 0. The molecular formula is C23H27FN4O4. The number of nitrogens with zero attached hydrogens (tertiary/aromatic N) is 2. The van der Waals surface area contributed by atoms with Crippen molar-refractivity contribution in [3.05, 3.63) is 59.5 Å². The Morgan fingerprint density at radius 3 is 2.59 bits per heavy atom. The van der Waals surface area contributed by atoms with E-state index in [1.54, 1.807) is 45.2 Å². The first-order valence-electron chi connectivity index (χ1n) is 10.4. The molecule has 1 aliphatic rings. The summed E-state index contributed by atoms with van der Waals surface area (Å²) in [5.74, 6) is -0.736. The Kier molecular flexibility index (Phi) is 6.76. The highest BCUT2D eigenvalue weighted by Gasteiger charge is 2.36. The van der Waals surface area contributed by atoms with Crippen molar-refractivity contribution in [3.8, 4) is 0 Å². The van der Waals surface area contributed by atoms with E-state index in [2.05, 4.69) is 15.6 Å². The first-order chi connectivity index (χ1) is 15.0. The zero-order valence-electron chi connectivity index (χ0n) is 18.3. The van der Waals surface area contributed by atoms with Crippen molar-refractivity contribution < 1.29 is 23.9 Å². The summed E-state index contributed by atoms with van der Waals surface area (Å²) < 4.78 is 13.3. The highest BCUT2D eigenvalue weighted by Crippen LogP contribution is 2.24. The molecule has 8 nitrogen and oxygen atoms in total. The number of anilines is 1. The van der Waals surface area contributed by atoms with E-state index in [4.69, 9.17) is 0 Å². The van der Waals surface area contributed by atoms with Crippen LogP contribution < -0.4 is 10.6 Å². The van der Waals surface area contributed by atoms with Crippen molar-refractivity contribution in [1.82, 2.24) is 15.2 Å². The van der Waals surface area contributed by atoms with Crippen LogP contribution >= 0.6 is 0 Å². The average Bonchev–Trinajstić information content (AvgIpc) is 2.69.